The molecule has 27 heavy (non-hydrogen) atoms. The molecular weight excluding hydrogens is 332 g/mol. The van der Waals surface area contributed by atoms with E-state index in [4.69, 9.17) is 5.26 Å². The molecule has 2 heterocycles. The van der Waals surface area contributed by atoms with Crippen LogP contribution in [0.25, 0.3) is 0 Å². The summed E-state index contributed by atoms with van der Waals surface area (Å²) >= 11 is 0. The minimum absolute atomic E-state index is 0.309. The zero-order valence-corrected chi connectivity index (χ0v) is 15.4. The maximum Gasteiger partial charge on any atom is 0.0991 e. The van der Waals surface area contributed by atoms with Crippen LogP contribution in [0.1, 0.15) is 41.3 Å². The van der Waals surface area contributed by atoms with Crippen molar-refractivity contribution in [2.75, 3.05) is 13.1 Å². The first-order valence-corrected chi connectivity index (χ1v) is 9.60. The van der Waals surface area contributed by atoms with Gasteiger partial charge >= 0.3 is 0 Å². The van der Waals surface area contributed by atoms with Gasteiger partial charge in [0, 0.05) is 18.3 Å². The zero-order valence-electron chi connectivity index (χ0n) is 15.4. The van der Waals surface area contributed by atoms with Gasteiger partial charge in [-0.05, 0) is 55.1 Å². The van der Waals surface area contributed by atoms with E-state index in [9.17, 15) is 0 Å². The minimum Gasteiger partial charge on any atom is -0.326 e. The molecule has 1 saturated heterocycles. The number of benzene rings is 2. The Morgan fingerprint density at radius 1 is 1.07 bits per heavy atom. The first-order chi connectivity index (χ1) is 13.3. The van der Waals surface area contributed by atoms with E-state index in [2.05, 4.69) is 51.3 Å². The van der Waals surface area contributed by atoms with E-state index >= 15 is 0 Å². The molecule has 1 fully saturated rings. The summed E-state index contributed by atoms with van der Waals surface area (Å²) in [6, 6.07) is 21.1. The van der Waals surface area contributed by atoms with Crippen LogP contribution in [0.3, 0.4) is 0 Å². The SMILES string of the molecule is N#Cc1ccc(Cc2cncn2C(c2ccccc2)C2CCNCC2)cc1. The average Bonchev–Trinajstić information content (AvgIpc) is 3.18. The van der Waals surface area contributed by atoms with Gasteiger partial charge in [0.2, 0.25) is 0 Å². The summed E-state index contributed by atoms with van der Waals surface area (Å²) in [6.45, 7) is 2.15. The Balaban J connectivity index is 1.66. The molecule has 136 valence electrons. The van der Waals surface area contributed by atoms with Crippen molar-refractivity contribution in [3.63, 3.8) is 0 Å². The standard InChI is InChI=1S/C23H24N4/c24-15-19-8-6-18(7-9-19)14-22-16-26-17-27(22)23(20-4-2-1-3-5-20)21-10-12-25-13-11-21/h1-9,16-17,21,23,25H,10-14H2. The van der Waals surface area contributed by atoms with Gasteiger partial charge < -0.3 is 9.88 Å². The number of nitriles is 1. The number of hydrogen-bond donors (Lipinski definition) is 1. The Morgan fingerprint density at radius 3 is 2.52 bits per heavy atom. The van der Waals surface area contributed by atoms with E-state index in [1.54, 1.807) is 0 Å². The van der Waals surface area contributed by atoms with Crippen molar-refractivity contribution in [1.29, 1.82) is 5.26 Å². The van der Waals surface area contributed by atoms with E-state index in [0.717, 1.165) is 19.5 Å². The molecular formula is C23H24N4. The van der Waals surface area contributed by atoms with Crippen molar-refractivity contribution in [3.8, 4) is 6.07 Å². The lowest BCUT2D eigenvalue weighted by atomic mass is 9.85. The summed E-state index contributed by atoms with van der Waals surface area (Å²) in [6.07, 6.45) is 7.13. The number of rotatable bonds is 5. The highest BCUT2D eigenvalue weighted by molar-refractivity contribution is 5.33. The first kappa shape index (κ1) is 17.5. The highest BCUT2D eigenvalue weighted by atomic mass is 15.1. The van der Waals surface area contributed by atoms with E-state index < -0.39 is 0 Å². The molecule has 0 amide bonds. The van der Waals surface area contributed by atoms with Crippen molar-refractivity contribution in [2.45, 2.75) is 25.3 Å². The van der Waals surface area contributed by atoms with Crippen molar-refractivity contribution >= 4 is 0 Å². The fourth-order valence-electron chi connectivity index (χ4n) is 4.10. The molecule has 3 aromatic rings. The van der Waals surface area contributed by atoms with Gasteiger partial charge in [0.25, 0.3) is 0 Å². The van der Waals surface area contributed by atoms with Crippen LogP contribution in [0.5, 0.6) is 0 Å². The van der Waals surface area contributed by atoms with Crippen LogP contribution in [-0.4, -0.2) is 22.6 Å². The Hall–Kier alpha value is -2.90. The molecule has 2 aromatic carbocycles. The predicted octanol–water partition coefficient (Wildman–Crippen LogP) is 3.93. The third-order valence-corrected chi connectivity index (χ3v) is 5.49. The van der Waals surface area contributed by atoms with Crippen LogP contribution in [0.15, 0.2) is 67.1 Å². The molecule has 4 nitrogen and oxygen atoms in total. The number of hydrogen-bond acceptors (Lipinski definition) is 3. The molecule has 0 saturated carbocycles. The number of aromatic nitrogens is 2. The molecule has 1 aromatic heterocycles. The van der Waals surface area contributed by atoms with Gasteiger partial charge in [0.05, 0.1) is 24.0 Å². The van der Waals surface area contributed by atoms with E-state index in [0.29, 0.717) is 17.5 Å². The fraction of sp³-hybridized carbons (Fsp3) is 0.304. The maximum atomic E-state index is 9.00. The molecule has 0 spiro atoms. The first-order valence-electron chi connectivity index (χ1n) is 9.60. The van der Waals surface area contributed by atoms with Gasteiger partial charge in [0.15, 0.2) is 0 Å². The number of piperidine rings is 1. The van der Waals surface area contributed by atoms with Gasteiger partial charge in [-0.15, -0.1) is 0 Å². The van der Waals surface area contributed by atoms with Gasteiger partial charge in [-0.2, -0.15) is 5.26 Å². The third kappa shape index (κ3) is 3.94. The summed E-state index contributed by atoms with van der Waals surface area (Å²) in [5.41, 5.74) is 4.47. The molecule has 1 atom stereocenters. The fourth-order valence-corrected chi connectivity index (χ4v) is 4.10. The summed E-state index contributed by atoms with van der Waals surface area (Å²) in [7, 11) is 0. The summed E-state index contributed by atoms with van der Waals surface area (Å²) in [5, 5.41) is 12.5. The van der Waals surface area contributed by atoms with E-state index in [1.165, 1.54) is 29.7 Å². The van der Waals surface area contributed by atoms with Gasteiger partial charge in [-0.3, -0.25) is 0 Å². The molecule has 1 N–H and O–H groups in total. The number of nitrogens with one attached hydrogen (secondary N) is 1. The van der Waals surface area contributed by atoms with Crippen LogP contribution in [0.2, 0.25) is 0 Å². The molecule has 1 aliphatic rings. The lowest BCUT2D eigenvalue weighted by Gasteiger charge is -2.33. The smallest absolute Gasteiger partial charge is 0.0991 e. The van der Waals surface area contributed by atoms with Crippen molar-refractivity contribution in [3.05, 3.63) is 89.5 Å². The molecule has 4 rings (SSSR count). The summed E-state index contributed by atoms with van der Waals surface area (Å²) in [5.74, 6) is 0.600. The summed E-state index contributed by atoms with van der Waals surface area (Å²) in [4.78, 5) is 4.49. The average molecular weight is 356 g/mol. The summed E-state index contributed by atoms with van der Waals surface area (Å²) < 4.78 is 2.36. The second kappa shape index (κ2) is 8.20. The van der Waals surface area contributed by atoms with Crippen molar-refractivity contribution in [1.82, 2.24) is 14.9 Å². The molecule has 0 bridgehead atoms. The largest absolute Gasteiger partial charge is 0.326 e. The molecule has 1 aliphatic heterocycles. The number of nitrogens with zero attached hydrogens (tertiary/aromatic N) is 3. The van der Waals surface area contributed by atoms with Crippen LogP contribution >= 0.6 is 0 Å². The highest BCUT2D eigenvalue weighted by Crippen LogP contribution is 2.34. The normalized spacial score (nSPS) is 16.0. The second-order valence-electron chi connectivity index (χ2n) is 7.22. The number of imidazole rings is 1. The topological polar surface area (TPSA) is 53.6 Å². The van der Waals surface area contributed by atoms with E-state index in [1.807, 2.05) is 36.8 Å². The molecule has 4 heteroatoms. The quantitative estimate of drug-likeness (QED) is 0.753. The Bertz CT molecular complexity index is 900. The van der Waals surface area contributed by atoms with Gasteiger partial charge in [-0.25, -0.2) is 4.98 Å². The zero-order chi connectivity index (χ0) is 18.5. The molecule has 0 radical (unpaired) electrons. The van der Waals surface area contributed by atoms with Crippen molar-refractivity contribution < 1.29 is 0 Å². The lowest BCUT2D eigenvalue weighted by Crippen LogP contribution is -2.33. The molecule has 1 unspecified atom stereocenters. The highest BCUT2D eigenvalue weighted by Gasteiger charge is 2.27. The van der Waals surface area contributed by atoms with Gasteiger partial charge in [0.1, 0.15) is 0 Å². The second-order valence-corrected chi connectivity index (χ2v) is 7.22. The van der Waals surface area contributed by atoms with Crippen LogP contribution in [0.4, 0.5) is 0 Å². The van der Waals surface area contributed by atoms with E-state index in [-0.39, 0.29) is 0 Å². The van der Waals surface area contributed by atoms with Gasteiger partial charge in [-0.1, -0.05) is 42.5 Å². The third-order valence-electron chi connectivity index (χ3n) is 5.49. The van der Waals surface area contributed by atoms with Crippen LogP contribution in [0, 0.1) is 17.2 Å². The maximum absolute atomic E-state index is 9.00. The van der Waals surface area contributed by atoms with Crippen molar-refractivity contribution in [2.24, 2.45) is 5.92 Å². The molecule has 0 aliphatic carbocycles. The lowest BCUT2D eigenvalue weighted by molar-refractivity contribution is 0.288. The monoisotopic (exact) mass is 356 g/mol. The van der Waals surface area contributed by atoms with Crippen LogP contribution < -0.4 is 5.32 Å². The Kier molecular flexibility index (Phi) is 5.32. The Morgan fingerprint density at radius 2 is 1.81 bits per heavy atom. The minimum atomic E-state index is 0.309. The predicted molar refractivity (Wildman–Crippen MR) is 106 cm³/mol. The Labute approximate surface area is 160 Å². The van der Waals surface area contributed by atoms with Crippen LogP contribution in [-0.2, 0) is 6.42 Å².